The van der Waals surface area contributed by atoms with Gasteiger partial charge in [0.1, 0.15) is 5.82 Å². The molecule has 1 heterocycles. The zero-order valence-electron chi connectivity index (χ0n) is 10.3. The molecule has 1 aromatic heterocycles. The molecule has 0 aliphatic heterocycles. The molecule has 0 radical (unpaired) electrons. The summed E-state index contributed by atoms with van der Waals surface area (Å²) in [4.78, 5) is 0. The van der Waals surface area contributed by atoms with E-state index in [2.05, 4.69) is 18.1 Å². The molecular formula is C13H16ClN3. The van der Waals surface area contributed by atoms with Crippen molar-refractivity contribution in [2.45, 2.75) is 20.3 Å². The van der Waals surface area contributed by atoms with Crippen LogP contribution in [0.4, 0.5) is 5.82 Å². The van der Waals surface area contributed by atoms with Crippen molar-refractivity contribution in [3.63, 3.8) is 0 Å². The molecule has 0 atom stereocenters. The van der Waals surface area contributed by atoms with E-state index in [4.69, 9.17) is 17.3 Å². The minimum absolute atomic E-state index is 0.722. The number of aromatic nitrogens is 2. The van der Waals surface area contributed by atoms with Crippen LogP contribution in [0.15, 0.2) is 18.2 Å². The molecule has 0 saturated carbocycles. The third kappa shape index (κ3) is 2.15. The van der Waals surface area contributed by atoms with Crippen molar-refractivity contribution in [1.29, 1.82) is 0 Å². The Kier molecular flexibility index (Phi) is 3.11. The van der Waals surface area contributed by atoms with E-state index < -0.39 is 0 Å². The highest BCUT2D eigenvalue weighted by Crippen LogP contribution is 2.29. The Morgan fingerprint density at radius 3 is 2.65 bits per heavy atom. The molecule has 0 unspecified atom stereocenters. The zero-order valence-corrected chi connectivity index (χ0v) is 11.0. The van der Waals surface area contributed by atoms with Crippen molar-refractivity contribution in [3.8, 4) is 11.3 Å². The maximum atomic E-state index is 6.08. The highest BCUT2D eigenvalue weighted by molar-refractivity contribution is 6.30. The Morgan fingerprint density at radius 1 is 1.35 bits per heavy atom. The molecule has 0 aliphatic rings. The molecule has 0 amide bonds. The van der Waals surface area contributed by atoms with Crippen LogP contribution < -0.4 is 5.73 Å². The van der Waals surface area contributed by atoms with E-state index in [0.717, 1.165) is 39.6 Å². The van der Waals surface area contributed by atoms with Crippen LogP contribution in [0.2, 0.25) is 5.02 Å². The smallest absolute Gasteiger partial charge is 0.125 e. The Hall–Kier alpha value is -1.48. The van der Waals surface area contributed by atoms with Crippen LogP contribution in [0, 0.1) is 6.92 Å². The van der Waals surface area contributed by atoms with Gasteiger partial charge in [-0.3, -0.25) is 4.68 Å². The van der Waals surface area contributed by atoms with E-state index in [1.165, 1.54) is 0 Å². The van der Waals surface area contributed by atoms with E-state index >= 15 is 0 Å². The van der Waals surface area contributed by atoms with Crippen LogP contribution in [0.3, 0.4) is 0 Å². The maximum absolute atomic E-state index is 6.08. The summed E-state index contributed by atoms with van der Waals surface area (Å²) in [5.41, 5.74) is 10.2. The molecule has 90 valence electrons. The second-order valence-electron chi connectivity index (χ2n) is 4.21. The molecule has 0 bridgehead atoms. The van der Waals surface area contributed by atoms with Gasteiger partial charge in [0, 0.05) is 23.2 Å². The van der Waals surface area contributed by atoms with Crippen molar-refractivity contribution in [2.75, 3.05) is 5.73 Å². The largest absolute Gasteiger partial charge is 0.384 e. The molecule has 2 aromatic rings. The second kappa shape index (κ2) is 4.41. The van der Waals surface area contributed by atoms with Gasteiger partial charge in [-0.25, -0.2) is 0 Å². The quantitative estimate of drug-likeness (QED) is 0.888. The Labute approximate surface area is 106 Å². The minimum Gasteiger partial charge on any atom is -0.384 e. The topological polar surface area (TPSA) is 43.8 Å². The summed E-state index contributed by atoms with van der Waals surface area (Å²) < 4.78 is 1.71. The summed E-state index contributed by atoms with van der Waals surface area (Å²) in [5, 5.41) is 5.19. The lowest BCUT2D eigenvalue weighted by Crippen LogP contribution is -1.98. The summed E-state index contributed by atoms with van der Waals surface area (Å²) in [6.07, 6.45) is 0.862. The van der Waals surface area contributed by atoms with Gasteiger partial charge in [-0.2, -0.15) is 5.10 Å². The highest BCUT2D eigenvalue weighted by Gasteiger charge is 2.14. The third-order valence-electron chi connectivity index (χ3n) is 2.86. The molecule has 0 fully saturated rings. The van der Waals surface area contributed by atoms with Gasteiger partial charge in [0.25, 0.3) is 0 Å². The number of nitrogens with two attached hydrogens (primary N) is 1. The number of hydrogen-bond donors (Lipinski definition) is 1. The van der Waals surface area contributed by atoms with E-state index in [1.54, 1.807) is 4.68 Å². The molecule has 0 saturated heterocycles. The van der Waals surface area contributed by atoms with Gasteiger partial charge in [-0.05, 0) is 37.1 Å². The fraction of sp³-hybridized carbons (Fsp3) is 0.308. The molecule has 0 spiro atoms. The minimum atomic E-state index is 0.722. The lowest BCUT2D eigenvalue weighted by Gasteiger charge is -2.03. The molecule has 3 nitrogen and oxygen atoms in total. The highest BCUT2D eigenvalue weighted by atomic mass is 35.5. The molecule has 17 heavy (non-hydrogen) atoms. The summed E-state index contributed by atoms with van der Waals surface area (Å²) in [6, 6.07) is 5.94. The number of anilines is 1. The molecule has 2 N–H and O–H groups in total. The number of hydrogen-bond acceptors (Lipinski definition) is 2. The Morgan fingerprint density at radius 2 is 2.06 bits per heavy atom. The summed E-state index contributed by atoms with van der Waals surface area (Å²) in [7, 11) is 1.86. The van der Waals surface area contributed by atoms with Crippen LogP contribution in [0.5, 0.6) is 0 Å². The van der Waals surface area contributed by atoms with Crippen LogP contribution in [0.1, 0.15) is 18.1 Å². The molecule has 4 heteroatoms. The summed E-state index contributed by atoms with van der Waals surface area (Å²) in [6.45, 7) is 4.10. The van der Waals surface area contributed by atoms with E-state index in [1.807, 2.05) is 26.1 Å². The van der Waals surface area contributed by atoms with Crippen LogP contribution in [-0.4, -0.2) is 9.78 Å². The lowest BCUT2D eigenvalue weighted by atomic mass is 10.0. The SMILES string of the molecule is CCc1c(-c2cc(C)cc(Cl)c2)nn(C)c1N. The molecule has 1 aromatic carbocycles. The number of benzene rings is 1. The zero-order chi connectivity index (χ0) is 12.6. The predicted molar refractivity (Wildman–Crippen MR) is 72.2 cm³/mol. The van der Waals surface area contributed by atoms with Gasteiger partial charge in [0.15, 0.2) is 0 Å². The Balaban J connectivity index is 2.63. The molecule has 0 aliphatic carbocycles. The standard InChI is InChI=1S/C13H16ClN3/c1-4-11-12(16-17(3)13(11)15)9-5-8(2)6-10(14)7-9/h5-7H,4,15H2,1-3H3. The first-order chi connectivity index (χ1) is 8.02. The first-order valence-corrected chi connectivity index (χ1v) is 5.99. The Bertz CT molecular complexity index is 538. The van der Waals surface area contributed by atoms with Crippen molar-refractivity contribution >= 4 is 17.4 Å². The number of halogens is 1. The van der Waals surface area contributed by atoms with Crippen LogP contribution in [-0.2, 0) is 13.5 Å². The number of rotatable bonds is 2. The third-order valence-corrected chi connectivity index (χ3v) is 3.08. The van der Waals surface area contributed by atoms with Gasteiger partial charge in [0.2, 0.25) is 0 Å². The van der Waals surface area contributed by atoms with Gasteiger partial charge >= 0.3 is 0 Å². The van der Waals surface area contributed by atoms with Gasteiger partial charge in [-0.15, -0.1) is 0 Å². The fourth-order valence-electron chi connectivity index (χ4n) is 2.03. The average Bonchev–Trinajstić information content (AvgIpc) is 2.54. The van der Waals surface area contributed by atoms with E-state index in [0.29, 0.717) is 0 Å². The average molecular weight is 250 g/mol. The van der Waals surface area contributed by atoms with Gasteiger partial charge in [0.05, 0.1) is 5.69 Å². The fourth-order valence-corrected chi connectivity index (χ4v) is 2.32. The van der Waals surface area contributed by atoms with Crippen molar-refractivity contribution in [2.24, 2.45) is 7.05 Å². The monoisotopic (exact) mass is 249 g/mol. The number of nitrogens with zero attached hydrogens (tertiary/aromatic N) is 2. The van der Waals surface area contributed by atoms with Crippen LogP contribution >= 0.6 is 11.6 Å². The normalized spacial score (nSPS) is 10.8. The maximum Gasteiger partial charge on any atom is 0.125 e. The summed E-state index contributed by atoms with van der Waals surface area (Å²) in [5.74, 6) is 0.722. The van der Waals surface area contributed by atoms with Crippen LogP contribution in [0.25, 0.3) is 11.3 Å². The van der Waals surface area contributed by atoms with Crippen molar-refractivity contribution in [1.82, 2.24) is 9.78 Å². The second-order valence-corrected chi connectivity index (χ2v) is 4.64. The van der Waals surface area contributed by atoms with Gasteiger partial charge in [-0.1, -0.05) is 18.5 Å². The summed E-state index contributed by atoms with van der Waals surface area (Å²) >= 11 is 6.08. The van der Waals surface area contributed by atoms with Gasteiger partial charge < -0.3 is 5.73 Å². The van der Waals surface area contributed by atoms with Crippen molar-refractivity contribution in [3.05, 3.63) is 34.3 Å². The molecule has 2 rings (SSSR count). The van der Waals surface area contributed by atoms with E-state index in [9.17, 15) is 0 Å². The number of nitrogen functional groups attached to an aromatic ring is 1. The lowest BCUT2D eigenvalue weighted by molar-refractivity contribution is 0.781. The van der Waals surface area contributed by atoms with E-state index in [-0.39, 0.29) is 0 Å². The number of aryl methyl sites for hydroxylation is 2. The predicted octanol–water partition coefficient (Wildman–Crippen LogP) is 3.19. The molecular weight excluding hydrogens is 234 g/mol. The first-order valence-electron chi connectivity index (χ1n) is 5.61. The van der Waals surface area contributed by atoms with Crippen molar-refractivity contribution < 1.29 is 0 Å². The first kappa shape index (κ1) is 12.0.